The number of benzene rings is 1. The Balaban J connectivity index is 3.38. The van der Waals surface area contributed by atoms with Gasteiger partial charge in [-0.25, -0.2) is 13.2 Å². The van der Waals surface area contributed by atoms with Crippen LogP contribution in [0, 0.1) is 0 Å². The summed E-state index contributed by atoms with van der Waals surface area (Å²) in [6.45, 7) is 7.20. The molecule has 0 fully saturated rings. The van der Waals surface area contributed by atoms with Gasteiger partial charge in [-0.15, -0.1) is 6.58 Å². The third-order valence-corrected chi connectivity index (χ3v) is 5.39. The Morgan fingerprint density at radius 2 is 2.10 bits per heavy atom. The largest absolute Gasteiger partial charge is 0.478 e. The van der Waals surface area contributed by atoms with Gasteiger partial charge in [-0.3, -0.25) is 0 Å². The summed E-state index contributed by atoms with van der Waals surface area (Å²) in [6, 6.07) is 3.70. The quantitative estimate of drug-likeness (QED) is 0.790. The van der Waals surface area contributed by atoms with Crippen LogP contribution < -0.4 is 0 Å². The van der Waals surface area contributed by atoms with Crippen molar-refractivity contribution in [2.24, 2.45) is 0 Å². The monoisotopic (exact) mass is 361 g/mol. The van der Waals surface area contributed by atoms with Gasteiger partial charge in [0.15, 0.2) is 0 Å². The molecule has 1 aromatic carbocycles. The zero-order chi connectivity index (χ0) is 15.5. The predicted octanol–water partition coefficient (Wildman–Crippen LogP) is 2.73. The molecule has 0 saturated carbocycles. The van der Waals surface area contributed by atoms with Crippen LogP contribution in [0.25, 0.3) is 0 Å². The van der Waals surface area contributed by atoms with Crippen LogP contribution in [0.15, 0.2) is 40.2 Å². The zero-order valence-electron chi connectivity index (χ0n) is 11.2. The maximum Gasteiger partial charge on any atom is 0.336 e. The van der Waals surface area contributed by atoms with Crippen molar-refractivity contribution in [1.82, 2.24) is 4.31 Å². The Hall–Kier alpha value is -1.18. The van der Waals surface area contributed by atoms with Gasteiger partial charge in [-0.2, -0.15) is 4.31 Å². The molecule has 0 heterocycles. The lowest BCUT2D eigenvalue weighted by Crippen LogP contribution is -2.37. The van der Waals surface area contributed by atoms with Crippen LogP contribution in [-0.2, 0) is 10.0 Å². The number of carboxylic acids is 1. The molecule has 0 aromatic heterocycles. The molecular formula is C13H16BrNO4S. The van der Waals surface area contributed by atoms with E-state index in [1.165, 1.54) is 22.5 Å². The van der Waals surface area contributed by atoms with Gasteiger partial charge < -0.3 is 5.11 Å². The molecule has 0 unspecified atom stereocenters. The van der Waals surface area contributed by atoms with Gasteiger partial charge in [0.25, 0.3) is 0 Å². The molecule has 0 amide bonds. The van der Waals surface area contributed by atoms with Crippen LogP contribution in [0.4, 0.5) is 0 Å². The van der Waals surface area contributed by atoms with E-state index < -0.39 is 16.0 Å². The highest BCUT2D eigenvalue weighted by Crippen LogP contribution is 2.24. The summed E-state index contributed by atoms with van der Waals surface area (Å²) in [5.41, 5.74) is -0.0895. The number of aromatic carboxylic acids is 1. The summed E-state index contributed by atoms with van der Waals surface area (Å²) in [5.74, 6) is -1.19. The SMILES string of the molecule is C=CCN(C(C)C)S(=O)(=O)c1ccc(Br)c(C(=O)O)c1. The van der Waals surface area contributed by atoms with Gasteiger partial charge in [-0.05, 0) is 48.0 Å². The minimum atomic E-state index is -3.76. The molecular weight excluding hydrogens is 346 g/mol. The fraction of sp³-hybridized carbons (Fsp3) is 0.308. The summed E-state index contributed by atoms with van der Waals surface area (Å²) in [7, 11) is -3.76. The molecule has 0 aliphatic rings. The molecule has 0 aliphatic heterocycles. The van der Waals surface area contributed by atoms with Crippen molar-refractivity contribution in [3.8, 4) is 0 Å². The first-order chi connectivity index (χ1) is 9.21. The number of sulfonamides is 1. The van der Waals surface area contributed by atoms with E-state index in [2.05, 4.69) is 22.5 Å². The number of carboxylic acid groups (broad SMARTS) is 1. The van der Waals surface area contributed by atoms with E-state index >= 15 is 0 Å². The first-order valence-electron chi connectivity index (χ1n) is 5.87. The number of hydrogen-bond acceptors (Lipinski definition) is 3. The lowest BCUT2D eigenvalue weighted by atomic mass is 10.2. The van der Waals surface area contributed by atoms with Crippen molar-refractivity contribution in [3.05, 3.63) is 40.9 Å². The second-order valence-corrected chi connectivity index (χ2v) is 7.15. The smallest absolute Gasteiger partial charge is 0.336 e. The number of carbonyl (C=O) groups is 1. The summed E-state index contributed by atoms with van der Waals surface area (Å²) >= 11 is 3.09. The molecule has 0 atom stereocenters. The molecule has 0 bridgehead atoms. The van der Waals surface area contributed by atoms with Gasteiger partial charge in [0.2, 0.25) is 10.0 Å². The van der Waals surface area contributed by atoms with Gasteiger partial charge >= 0.3 is 5.97 Å². The summed E-state index contributed by atoms with van der Waals surface area (Å²) in [5, 5.41) is 9.05. The van der Waals surface area contributed by atoms with E-state index in [1.54, 1.807) is 13.8 Å². The minimum Gasteiger partial charge on any atom is -0.478 e. The van der Waals surface area contributed by atoms with Gasteiger partial charge in [0.1, 0.15) is 0 Å². The highest BCUT2D eigenvalue weighted by Gasteiger charge is 2.27. The lowest BCUT2D eigenvalue weighted by Gasteiger charge is -2.24. The highest BCUT2D eigenvalue weighted by molar-refractivity contribution is 9.10. The fourth-order valence-electron chi connectivity index (χ4n) is 1.68. The average Bonchev–Trinajstić information content (AvgIpc) is 2.35. The Bertz CT molecular complexity index is 625. The molecule has 110 valence electrons. The van der Waals surface area contributed by atoms with Gasteiger partial charge in [0.05, 0.1) is 10.5 Å². The maximum atomic E-state index is 12.5. The molecule has 7 heteroatoms. The van der Waals surface area contributed by atoms with E-state index in [0.29, 0.717) is 4.47 Å². The lowest BCUT2D eigenvalue weighted by molar-refractivity contribution is 0.0695. The molecule has 0 spiro atoms. The van der Waals surface area contributed by atoms with Crippen molar-refractivity contribution in [2.75, 3.05) is 6.54 Å². The highest BCUT2D eigenvalue weighted by atomic mass is 79.9. The number of hydrogen-bond donors (Lipinski definition) is 1. The molecule has 0 saturated heterocycles. The van der Waals surface area contributed by atoms with Crippen LogP contribution in [0.5, 0.6) is 0 Å². The topological polar surface area (TPSA) is 74.7 Å². The molecule has 0 radical (unpaired) electrons. The fourth-order valence-corrected chi connectivity index (χ4v) is 3.73. The van der Waals surface area contributed by atoms with Crippen LogP contribution in [0.2, 0.25) is 0 Å². The third kappa shape index (κ3) is 3.47. The Morgan fingerprint density at radius 1 is 1.50 bits per heavy atom. The van der Waals surface area contributed by atoms with Crippen LogP contribution in [-0.4, -0.2) is 36.4 Å². The van der Waals surface area contributed by atoms with E-state index in [-0.39, 0.29) is 23.0 Å². The van der Waals surface area contributed by atoms with E-state index in [1.807, 2.05) is 0 Å². The Kier molecular flexibility index (Phi) is 5.50. The zero-order valence-corrected chi connectivity index (χ0v) is 13.6. The van der Waals surface area contributed by atoms with Crippen molar-refractivity contribution < 1.29 is 18.3 Å². The number of nitrogens with zero attached hydrogens (tertiary/aromatic N) is 1. The molecule has 20 heavy (non-hydrogen) atoms. The summed E-state index contributed by atoms with van der Waals surface area (Å²) < 4.78 is 26.6. The first kappa shape index (κ1) is 16.9. The number of rotatable bonds is 6. The second kappa shape index (κ2) is 6.51. The van der Waals surface area contributed by atoms with Crippen LogP contribution in [0.3, 0.4) is 0 Å². The van der Waals surface area contributed by atoms with Gasteiger partial charge in [0, 0.05) is 17.1 Å². The standard InChI is InChI=1S/C13H16BrNO4S/c1-4-7-15(9(2)3)20(18,19)10-5-6-12(14)11(8-10)13(16)17/h4-6,8-9H,1,7H2,2-3H3,(H,16,17). The summed E-state index contributed by atoms with van der Waals surface area (Å²) in [4.78, 5) is 11.0. The van der Waals surface area contributed by atoms with Gasteiger partial charge in [-0.1, -0.05) is 6.08 Å². The second-order valence-electron chi connectivity index (χ2n) is 4.40. The molecule has 5 nitrogen and oxygen atoms in total. The molecule has 1 N–H and O–H groups in total. The van der Waals surface area contributed by atoms with Crippen LogP contribution >= 0.6 is 15.9 Å². The van der Waals surface area contributed by atoms with Crippen molar-refractivity contribution in [3.63, 3.8) is 0 Å². The Morgan fingerprint density at radius 3 is 2.55 bits per heavy atom. The third-order valence-electron chi connectivity index (χ3n) is 2.66. The van der Waals surface area contributed by atoms with Crippen LogP contribution in [0.1, 0.15) is 24.2 Å². The minimum absolute atomic E-state index is 0.0475. The van der Waals surface area contributed by atoms with Crippen molar-refractivity contribution in [2.45, 2.75) is 24.8 Å². The Labute approximate surface area is 127 Å². The maximum absolute atomic E-state index is 12.5. The normalized spacial score (nSPS) is 11.8. The van der Waals surface area contributed by atoms with E-state index in [0.717, 1.165) is 6.07 Å². The first-order valence-corrected chi connectivity index (χ1v) is 8.10. The molecule has 1 aromatic rings. The van der Waals surface area contributed by atoms with E-state index in [4.69, 9.17) is 5.11 Å². The van der Waals surface area contributed by atoms with Crippen molar-refractivity contribution >= 4 is 31.9 Å². The predicted molar refractivity (Wildman–Crippen MR) is 80.3 cm³/mol. The van der Waals surface area contributed by atoms with Crippen molar-refractivity contribution in [1.29, 1.82) is 0 Å². The molecule has 1 rings (SSSR count). The van der Waals surface area contributed by atoms with E-state index in [9.17, 15) is 13.2 Å². The summed E-state index contributed by atoms with van der Waals surface area (Å²) in [6.07, 6.45) is 1.49. The average molecular weight is 362 g/mol. The molecule has 0 aliphatic carbocycles. The number of halogens is 1.